The van der Waals surface area contributed by atoms with Gasteiger partial charge in [-0.3, -0.25) is 9.74 Å². The van der Waals surface area contributed by atoms with Gasteiger partial charge in [-0.05, 0) is 111 Å². The number of methoxy groups -OCH3 is 1. The van der Waals surface area contributed by atoms with Crippen molar-refractivity contribution in [1.29, 1.82) is 5.41 Å². The van der Waals surface area contributed by atoms with Crippen LogP contribution in [0.3, 0.4) is 0 Å². The summed E-state index contributed by atoms with van der Waals surface area (Å²) in [6.07, 6.45) is 11.0. The summed E-state index contributed by atoms with van der Waals surface area (Å²) in [7, 11) is 3.39. The third kappa shape index (κ3) is 8.78. The van der Waals surface area contributed by atoms with Gasteiger partial charge in [0.15, 0.2) is 5.82 Å². The smallest absolute Gasteiger partial charge is 0.158 e. The third-order valence-corrected chi connectivity index (χ3v) is 10.5. The number of alkyl halides is 1. The van der Waals surface area contributed by atoms with Gasteiger partial charge in [0.05, 0.1) is 25.4 Å². The van der Waals surface area contributed by atoms with Crippen LogP contribution in [0.2, 0.25) is 0 Å². The van der Waals surface area contributed by atoms with E-state index in [1.165, 1.54) is 24.7 Å². The van der Waals surface area contributed by atoms with E-state index in [0.717, 1.165) is 74.4 Å². The van der Waals surface area contributed by atoms with Crippen LogP contribution in [0.25, 0.3) is 11.1 Å². The van der Waals surface area contributed by atoms with Crippen molar-refractivity contribution in [2.24, 2.45) is 5.41 Å². The molecule has 2 aliphatic rings. The second-order valence-electron chi connectivity index (χ2n) is 14.5. The van der Waals surface area contributed by atoms with Crippen molar-refractivity contribution in [1.82, 2.24) is 20.2 Å². The lowest BCUT2D eigenvalue weighted by atomic mass is 9.70. The molecule has 0 radical (unpaired) electrons. The number of nitrogens with zero attached hydrogens (tertiary/aromatic N) is 4. The second kappa shape index (κ2) is 16.9. The molecule has 2 aliphatic heterocycles. The quantitative estimate of drug-likeness (QED) is 0.126. The average molecular weight is 720 g/mol. The normalized spacial score (nSPS) is 18.0. The van der Waals surface area contributed by atoms with E-state index in [1.807, 2.05) is 26.0 Å². The van der Waals surface area contributed by atoms with Crippen LogP contribution in [-0.2, 0) is 4.84 Å². The molecule has 52 heavy (non-hydrogen) atoms. The van der Waals surface area contributed by atoms with E-state index < -0.39 is 23.2 Å². The van der Waals surface area contributed by atoms with E-state index in [9.17, 15) is 13.2 Å². The Bertz CT molecular complexity index is 1740. The number of piperidine rings is 1. The number of hydrogen-bond acceptors (Lipinski definition) is 9. The molecule has 0 saturated carbocycles. The molecular formula is C40H52F3N7O2. The van der Waals surface area contributed by atoms with Crippen molar-refractivity contribution in [3.05, 3.63) is 83.8 Å². The number of benzene rings is 2. The molecule has 0 aliphatic carbocycles. The van der Waals surface area contributed by atoms with E-state index in [-0.39, 0.29) is 12.1 Å². The van der Waals surface area contributed by atoms with Crippen LogP contribution in [0.4, 0.5) is 30.5 Å². The number of aromatic nitrogens is 2. The highest BCUT2D eigenvalue weighted by Crippen LogP contribution is 2.45. The minimum atomic E-state index is -0.655. The lowest BCUT2D eigenvalue weighted by molar-refractivity contribution is 0.0143. The zero-order valence-corrected chi connectivity index (χ0v) is 31.0. The fourth-order valence-corrected chi connectivity index (χ4v) is 7.55. The van der Waals surface area contributed by atoms with Crippen LogP contribution >= 0.6 is 0 Å². The standard InChI is InChI=1S/C40H52F3N7O2/c1-7-10-40(12-14-49(15-13-40)39(3,4)25-41)11-8-27(2)32-21-36(51-6)34(20-33(32)29(23-44)24-45-5)48-37-22-38(47-26-46-37)50-35(9-16-52-50)28-17-30(42)19-31(43)18-28/h17-24,26,35,44-45H,2,7-16,25H2,1,3-6H3,(H,46,47,48)/b29-24+,44-23?/t35-/m1/s1. The van der Waals surface area contributed by atoms with Crippen LogP contribution < -0.4 is 20.4 Å². The fraction of sp³-hybridized carbons (Fsp3) is 0.475. The van der Waals surface area contributed by atoms with Crippen LogP contribution in [0, 0.1) is 22.5 Å². The predicted molar refractivity (Wildman–Crippen MR) is 203 cm³/mol. The minimum absolute atomic E-state index is 0.156. The number of halogens is 3. The van der Waals surface area contributed by atoms with Crippen molar-refractivity contribution in [2.45, 2.75) is 77.3 Å². The van der Waals surface area contributed by atoms with Gasteiger partial charge in [0.2, 0.25) is 0 Å². The zero-order chi connectivity index (χ0) is 37.5. The summed E-state index contributed by atoms with van der Waals surface area (Å²) >= 11 is 0. The van der Waals surface area contributed by atoms with Gasteiger partial charge in [0.25, 0.3) is 0 Å². The summed E-state index contributed by atoms with van der Waals surface area (Å²) in [5.74, 6) is 0.113. The van der Waals surface area contributed by atoms with E-state index in [1.54, 1.807) is 31.5 Å². The Kier molecular flexibility index (Phi) is 12.6. The van der Waals surface area contributed by atoms with Gasteiger partial charge >= 0.3 is 0 Å². The molecule has 0 unspecified atom stereocenters. The van der Waals surface area contributed by atoms with E-state index >= 15 is 0 Å². The van der Waals surface area contributed by atoms with Gasteiger partial charge in [-0.1, -0.05) is 19.9 Å². The monoisotopic (exact) mass is 719 g/mol. The van der Waals surface area contributed by atoms with Gasteiger partial charge < -0.3 is 20.8 Å². The van der Waals surface area contributed by atoms with E-state index in [0.29, 0.717) is 47.2 Å². The van der Waals surface area contributed by atoms with Gasteiger partial charge in [-0.2, -0.15) is 0 Å². The van der Waals surface area contributed by atoms with Gasteiger partial charge in [-0.25, -0.2) is 28.2 Å². The number of hydroxylamine groups is 1. The number of nitrogens with one attached hydrogen (secondary N) is 3. The molecule has 3 heterocycles. The van der Waals surface area contributed by atoms with Gasteiger partial charge in [0.1, 0.15) is 36.2 Å². The Morgan fingerprint density at radius 1 is 1.10 bits per heavy atom. The molecule has 5 rings (SSSR count). The maximum absolute atomic E-state index is 14.1. The molecule has 280 valence electrons. The molecule has 2 saturated heterocycles. The molecule has 2 aromatic carbocycles. The Morgan fingerprint density at radius 3 is 2.46 bits per heavy atom. The largest absolute Gasteiger partial charge is 0.495 e. The molecule has 1 atom stereocenters. The SMILES string of the molecule is C=C(CCC1(CCC)CCN(C(C)(C)CF)CC1)c1cc(OC)c(Nc2cc(N3OCC[C@@H]3c3cc(F)cc(F)c3)ncn2)cc1/C(C=N)=C/NC. The average Bonchev–Trinajstić information content (AvgIpc) is 3.63. The van der Waals surface area contributed by atoms with Crippen LogP contribution in [0.1, 0.15) is 88.4 Å². The topological polar surface area (TPSA) is 98.6 Å². The predicted octanol–water partition coefficient (Wildman–Crippen LogP) is 9.02. The van der Waals surface area contributed by atoms with Crippen molar-refractivity contribution in [2.75, 3.05) is 50.9 Å². The molecule has 0 bridgehead atoms. The fourth-order valence-electron chi connectivity index (χ4n) is 7.55. The highest BCUT2D eigenvalue weighted by Gasteiger charge is 2.38. The summed E-state index contributed by atoms with van der Waals surface area (Å²) in [4.78, 5) is 17.0. The molecule has 12 heteroatoms. The van der Waals surface area contributed by atoms with Gasteiger partial charge in [0, 0.05) is 49.1 Å². The minimum Gasteiger partial charge on any atom is -0.495 e. The summed E-state index contributed by atoms with van der Waals surface area (Å²) in [5.41, 5.74) is 4.05. The van der Waals surface area contributed by atoms with E-state index in [2.05, 4.69) is 39.0 Å². The highest BCUT2D eigenvalue weighted by molar-refractivity contribution is 6.10. The number of ether oxygens (including phenoxy) is 1. The summed E-state index contributed by atoms with van der Waals surface area (Å²) in [6.45, 7) is 12.5. The molecule has 0 spiro atoms. The Morgan fingerprint density at radius 2 is 1.83 bits per heavy atom. The van der Waals surface area contributed by atoms with Crippen LogP contribution in [0.15, 0.2) is 55.5 Å². The lowest BCUT2D eigenvalue weighted by Gasteiger charge is -2.47. The van der Waals surface area contributed by atoms with Crippen LogP contribution in [-0.4, -0.2) is 67.1 Å². The van der Waals surface area contributed by atoms with Crippen molar-refractivity contribution in [3.63, 3.8) is 0 Å². The van der Waals surface area contributed by atoms with Crippen LogP contribution in [0.5, 0.6) is 5.75 Å². The molecule has 3 aromatic rings. The van der Waals surface area contributed by atoms with Crippen molar-refractivity contribution < 1.29 is 22.7 Å². The number of likely N-dealkylation sites (tertiary alicyclic amines) is 1. The number of rotatable bonds is 16. The number of allylic oxidation sites excluding steroid dienone is 2. The molecule has 2 fully saturated rings. The zero-order valence-electron chi connectivity index (χ0n) is 31.0. The van der Waals surface area contributed by atoms with E-state index in [4.69, 9.17) is 15.0 Å². The molecule has 9 nitrogen and oxygen atoms in total. The number of anilines is 3. The third-order valence-electron chi connectivity index (χ3n) is 10.5. The Balaban J connectivity index is 1.41. The first kappa shape index (κ1) is 38.8. The maximum Gasteiger partial charge on any atom is 0.158 e. The Hall–Kier alpha value is -4.42. The molecule has 3 N–H and O–H groups in total. The molecule has 0 amide bonds. The number of hydrogen-bond donors (Lipinski definition) is 3. The van der Waals surface area contributed by atoms with Crippen molar-refractivity contribution >= 4 is 34.7 Å². The highest BCUT2D eigenvalue weighted by atomic mass is 19.1. The second-order valence-corrected chi connectivity index (χ2v) is 14.5. The maximum atomic E-state index is 14.1. The van der Waals surface area contributed by atoms with Gasteiger partial charge in [-0.15, -0.1) is 0 Å². The Labute approximate surface area is 305 Å². The van der Waals surface area contributed by atoms with Crippen molar-refractivity contribution in [3.8, 4) is 5.75 Å². The summed E-state index contributed by atoms with van der Waals surface area (Å²) in [6, 6.07) is 8.60. The first-order chi connectivity index (χ1) is 25.0. The summed E-state index contributed by atoms with van der Waals surface area (Å²) in [5, 5.41) is 16.2. The molecular weight excluding hydrogens is 667 g/mol. The lowest BCUT2D eigenvalue weighted by Crippen LogP contribution is -2.51. The summed E-state index contributed by atoms with van der Waals surface area (Å²) < 4.78 is 47.8. The molecule has 1 aromatic heterocycles. The first-order valence-electron chi connectivity index (χ1n) is 18.0. The first-order valence-corrected chi connectivity index (χ1v) is 18.0.